The molecule has 0 saturated carbocycles. The number of hydrogen-bond acceptors (Lipinski definition) is 2. The van der Waals surface area contributed by atoms with Crippen LogP contribution in [0.2, 0.25) is 0 Å². The van der Waals surface area contributed by atoms with E-state index in [-0.39, 0.29) is 0 Å². The maximum Gasteiger partial charge on any atom is 0.0358 e. The molecule has 84 valence electrons. The topological polar surface area (TPSA) is 12.0 Å². The lowest BCUT2D eigenvalue weighted by atomic mass is 10.0. The van der Waals surface area contributed by atoms with E-state index in [1.54, 1.807) is 11.3 Å². The van der Waals surface area contributed by atoms with Crippen molar-refractivity contribution in [2.45, 2.75) is 12.5 Å². The molecule has 0 amide bonds. The van der Waals surface area contributed by atoms with E-state index in [9.17, 15) is 0 Å². The SMILES string of the molecule is CNC(Cc1ccsc1)c1ccc(I)cc1. The molecule has 0 aliphatic heterocycles. The summed E-state index contributed by atoms with van der Waals surface area (Å²) in [7, 11) is 2.02. The van der Waals surface area contributed by atoms with Gasteiger partial charge in [0, 0.05) is 9.61 Å². The second-order valence-electron chi connectivity index (χ2n) is 3.73. The summed E-state index contributed by atoms with van der Waals surface area (Å²) < 4.78 is 1.28. The maximum atomic E-state index is 3.38. The highest BCUT2D eigenvalue weighted by molar-refractivity contribution is 14.1. The van der Waals surface area contributed by atoms with Crippen molar-refractivity contribution < 1.29 is 0 Å². The molecule has 0 fully saturated rings. The molecule has 2 aromatic rings. The predicted octanol–water partition coefficient (Wildman–Crippen LogP) is 3.86. The van der Waals surface area contributed by atoms with Gasteiger partial charge in [-0.3, -0.25) is 0 Å². The average Bonchev–Trinajstić information content (AvgIpc) is 2.80. The lowest BCUT2D eigenvalue weighted by molar-refractivity contribution is 0.593. The molecule has 0 bridgehead atoms. The van der Waals surface area contributed by atoms with Crippen LogP contribution in [0.3, 0.4) is 0 Å². The van der Waals surface area contributed by atoms with E-state index < -0.39 is 0 Å². The first kappa shape index (κ1) is 12.1. The minimum absolute atomic E-state index is 0.409. The third kappa shape index (κ3) is 3.06. The molecule has 1 atom stereocenters. The van der Waals surface area contributed by atoms with Crippen LogP contribution in [0.1, 0.15) is 17.2 Å². The van der Waals surface area contributed by atoms with E-state index >= 15 is 0 Å². The summed E-state index contributed by atoms with van der Waals surface area (Å²) in [4.78, 5) is 0. The summed E-state index contributed by atoms with van der Waals surface area (Å²) in [6.45, 7) is 0. The summed E-state index contributed by atoms with van der Waals surface area (Å²) in [5.41, 5.74) is 2.76. The lowest BCUT2D eigenvalue weighted by Gasteiger charge is -2.16. The van der Waals surface area contributed by atoms with Crippen LogP contribution in [0.15, 0.2) is 41.1 Å². The minimum atomic E-state index is 0.409. The van der Waals surface area contributed by atoms with Gasteiger partial charge in [0.1, 0.15) is 0 Å². The number of hydrogen-bond donors (Lipinski definition) is 1. The van der Waals surface area contributed by atoms with Crippen LogP contribution in [-0.2, 0) is 6.42 Å². The average molecular weight is 343 g/mol. The van der Waals surface area contributed by atoms with Gasteiger partial charge in [0.05, 0.1) is 0 Å². The molecule has 3 heteroatoms. The molecule has 16 heavy (non-hydrogen) atoms. The Morgan fingerprint density at radius 2 is 2.00 bits per heavy atom. The number of likely N-dealkylation sites (N-methyl/N-ethyl adjacent to an activating group) is 1. The van der Waals surface area contributed by atoms with E-state index in [1.807, 2.05) is 7.05 Å². The number of rotatable bonds is 4. The zero-order valence-corrected chi connectivity index (χ0v) is 12.1. The fourth-order valence-corrected chi connectivity index (χ4v) is 2.77. The first-order valence-electron chi connectivity index (χ1n) is 5.23. The molecular weight excluding hydrogens is 329 g/mol. The summed E-state index contributed by atoms with van der Waals surface area (Å²) in [5, 5.41) is 7.73. The van der Waals surface area contributed by atoms with Crippen LogP contribution in [0.4, 0.5) is 0 Å². The Morgan fingerprint density at radius 1 is 1.25 bits per heavy atom. The molecule has 1 aromatic heterocycles. The molecular formula is C13H14INS. The molecule has 0 saturated heterocycles. The Hall–Kier alpha value is -0.390. The Labute approximate surface area is 114 Å². The highest BCUT2D eigenvalue weighted by Gasteiger charge is 2.09. The van der Waals surface area contributed by atoms with Gasteiger partial charge in [0.25, 0.3) is 0 Å². The number of thiophene rings is 1. The third-order valence-electron chi connectivity index (χ3n) is 2.64. The van der Waals surface area contributed by atoms with Crippen molar-refractivity contribution in [2.24, 2.45) is 0 Å². The van der Waals surface area contributed by atoms with Crippen LogP contribution < -0.4 is 5.32 Å². The quantitative estimate of drug-likeness (QED) is 0.832. The molecule has 2 rings (SSSR count). The molecule has 1 heterocycles. The molecule has 1 N–H and O–H groups in total. The fraction of sp³-hybridized carbons (Fsp3) is 0.231. The van der Waals surface area contributed by atoms with Gasteiger partial charge in [-0.05, 0) is 76.1 Å². The third-order valence-corrected chi connectivity index (χ3v) is 4.09. The number of benzene rings is 1. The zero-order chi connectivity index (χ0) is 11.4. The zero-order valence-electron chi connectivity index (χ0n) is 9.11. The van der Waals surface area contributed by atoms with E-state index in [1.165, 1.54) is 14.7 Å². The van der Waals surface area contributed by atoms with Crippen molar-refractivity contribution in [3.8, 4) is 0 Å². The summed E-state index contributed by atoms with van der Waals surface area (Å²) >= 11 is 4.10. The lowest BCUT2D eigenvalue weighted by Crippen LogP contribution is -2.18. The Balaban J connectivity index is 2.13. The smallest absolute Gasteiger partial charge is 0.0358 e. The number of halogens is 1. The predicted molar refractivity (Wildman–Crippen MR) is 79.0 cm³/mol. The second kappa shape index (κ2) is 5.80. The van der Waals surface area contributed by atoms with Gasteiger partial charge in [-0.25, -0.2) is 0 Å². The van der Waals surface area contributed by atoms with Gasteiger partial charge in [-0.15, -0.1) is 0 Å². The molecule has 0 spiro atoms. The van der Waals surface area contributed by atoms with E-state index in [0.717, 1.165) is 6.42 Å². The monoisotopic (exact) mass is 343 g/mol. The highest BCUT2D eigenvalue weighted by atomic mass is 127. The molecule has 1 aromatic carbocycles. The van der Waals surface area contributed by atoms with Gasteiger partial charge < -0.3 is 5.32 Å². The summed E-state index contributed by atoms with van der Waals surface area (Å²) in [6, 6.07) is 11.3. The van der Waals surface area contributed by atoms with Crippen molar-refractivity contribution in [1.82, 2.24) is 5.32 Å². The van der Waals surface area contributed by atoms with Gasteiger partial charge in [0.2, 0.25) is 0 Å². The summed E-state index contributed by atoms with van der Waals surface area (Å²) in [6.07, 6.45) is 1.06. The van der Waals surface area contributed by atoms with Gasteiger partial charge >= 0.3 is 0 Å². The van der Waals surface area contributed by atoms with Crippen LogP contribution >= 0.6 is 33.9 Å². The van der Waals surface area contributed by atoms with Crippen molar-refractivity contribution in [2.75, 3.05) is 7.05 Å². The molecule has 0 radical (unpaired) electrons. The molecule has 1 nitrogen and oxygen atoms in total. The minimum Gasteiger partial charge on any atom is -0.313 e. The Morgan fingerprint density at radius 3 is 2.56 bits per heavy atom. The first-order chi connectivity index (χ1) is 7.79. The largest absolute Gasteiger partial charge is 0.313 e. The van der Waals surface area contributed by atoms with Crippen molar-refractivity contribution in [3.05, 3.63) is 55.8 Å². The normalized spacial score (nSPS) is 12.6. The van der Waals surface area contributed by atoms with Gasteiger partial charge in [-0.2, -0.15) is 11.3 Å². The van der Waals surface area contributed by atoms with E-state index in [2.05, 4.69) is 69.0 Å². The fourth-order valence-electron chi connectivity index (χ4n) is 1.73. The number of nitrogens with one attached hydrogen (secondary N) is 1. The van der Waals surface area contributed by atoms with Crippen molar-refractivity contribution in [3.63, 3.8) is 0 Å². The van der Waals surface area contributed by atoms with Crippen LogP contribution in [-0.4, -0.2) is 7.05 Å². The van der Waals surface area contributed by atoms with Crippen molar-refractivity contribution in [1.29, 1.82) is 0 Å². The Kier molecular flexibility index (Phi) is 4.37. The van der Waals surface area contributed by atoms with Crippen molar-refractivity contribution >= 4 is 33.9 Å². The molecule has 0 aliphatic carbocycles. The Bertz CT molecular complexity index is 422. The summed E-state index contributed by atoms with van der Waals surface area (Å²) in [5.74, 6) is 0. The molecule has 0 aliphatic rings. The van der Waals surface area contributed by atoms with Crippen LogP contribution in [0.5, 0.6) is 0 Å². The van der Waals surface area contributed by atoms with Crippen LogP contribution in [0.25, 0.3) is 0 Å². The van der Waals surface area contributed by atoms with E-state index in [4.69, 9.17) is 0 Å². The highest BCUT2D eigenvalue weighted by Crippen LogP contribution is 2.20. The maximum absolute atomic E-state index is 3.38. The van der Waals surface area contributed by atoms with E-state index in [0.29, 0.717) is 6.04 Å². The van der Waals surface area contributed by atoms with Gasteiger partial charge in [0.15, 0.2) is 0 Å². The second-order valence-corrected chi connectivity index (χ2v) is 5.75. The first-order valence-corrected chi connectivity index (χ1v) is 7.25. The molecule has 1 unspecified atom stereocenters. The van der Waals surface area contributed by atoms with Crippen LogP contribution in [0, 0.1) is 3.57 Å². The standard InChI is InChI=1S/C13H14INS/c1-15-13(8-10-6-7-16-9-10)11-2-4-12(14)5-3-11/h2-7,9,13,15H,8H2,1H3. The van der Waals surface area contributed by atoms with Gasteiger partial charge in [-0.1, -0.05) is 12.1 Å².